The van der Waals surface area contributed by atoms with Gasteiger partial charge in [-0.15, -0.1) is 0 Å². The van der Waals surface area contributed by atoms with Gasteiger partial charge in [0.2, 0.25) is 5.91 Å². The molecule has 2 fully saturated rings. The predicted molar refractivity (Wildman–Crippen MR) is 74.3 cm³/mol. The Morgan fingerprint density at radius 1 is 1.33 bits per heavy atom. The minimum atomic E-state index is -0.193. The van der Waals surface area contributed by atoms with Crippen molar-refractivity contribution in [3.63, 3.8) is 0 Å². The first-order chi connectivity index (χ1) is 8.51. The topological polar surface area (TPSA) is 41.1 Å². The van der Waals surface area contributed by atoms with Gasteiger partial charge in [0.1, 0.15) is 0 Å². The van der Waals surface area contributed by atoms with E-state index in [9.17, 15) is 4.79 Å². The van der Waals surface area contributed by atoms with Gasteiger partial charge in [-0.2, -0.15) is 0 Å². The van der Waals surface area contributed by atoms with Crippen molar-refractivity contribution < 1.29 is 4.79 Å². The molecular formula is C15H28N2O. The maximum absolute atomic E-state index is 12.5. The molecule has 0 aromatic heterocycles. The van der Waals surface area contributed by atoms with Crippen LogP contribution in [0.2, 0.25) is 0 Å². The maximum atomic E-state index is 12.5. The Morgan fingerprint density at radius 2 is 2.11 bits per heavy atom. The van der Waals surface area contributed by atoms with E-state index < -0.39 is 0 Å². The van der Waals surface area contributed by atoms with E-state index in [1.54, 1.807) is 0 Å². The van der Waals surface area contributed by atoms with Crippen LogP contribution in [0.25, 0.3) is 0 Å². The third kappa shape index (κ3) is 3.05. The molecule has 1 aliphatic heterocycles. The molecule has 1 amide bonds. The van der Waals surface area contributed by atoms with Crippen LogP contribution < -0.4 is 10.6 Å². The summed E-state index contributed by atoms with van der Waals surface area (Å²) in [5.41, 5.74) is -0.193. The lowest BCUT2D eigenvalue weighted by Crippen LogP contribution is -2.53. The molecule has 18 heavy (non-hydrogen) atoms. The van der Waals surface area contributed by atoms with Crippen LogP contribution in [-0.4, -0.2) is 25.0 Å². The molecule has 0 bridgehead atoms. The highest BCUT2D eigenvalue weighted by atomic mass is 16.2. The van der Waals surface area contributed by atoms with E-state index >= 15 is 0 Å². The van der Waals surface area contributed by atoms with Crippen LogP contribution in [0.5, 0.6) is 0 Å². The van der Waals surface area contributed by atoms with Gasteiger partial charge in [-0.25, -0.2) is 0 Å². The summed E-state index contributed by atoms with van der Waals surface area (Å²) in [5, 5.41) is 6.67. The second-order valence-corrected chi connectivity index (χ2v) is 6.82. The lowest BCUT2D eigenvalue weighted by molar-refractivity contribution is -0.132. The van der Waals surface area contributed by atoms with Gasteiger partial charge < -0.3 is 10.6 Å². The zero-order chi connectivity index (χ0) is 13.2. The normalized spacial score (nSPS) is 41.4. The predicted octanol–water partition coefficient (Wildman–Crippen LogP) is 2.32. The van der Waals surface area contributed by atoms with Crippen molar-refractivity contribution in [1.82, 2.24) is 10.6 Å². The van der Waals surface area contributed by atoms with Crippen molar-refractivity contribution >= 4 is 5.91 Å². The first kappa shape index (κ1) is 13.9. The summed E-state index contributed by atoms with van der Waals surface area (Å²) in [6.07, 6.45) is 5.78. The smallest absolute Gasteiger partial charge is 0.227 e. The quantitative estimate of drug-likeness (QED) is 0.792. The monoisotopic (exact) mass is 252 g/mol. The molecular weight excluding hydrogens is 224 g/mol. The number of amides is 1. The van der Waals surface area contributed by atoms with E-state index in [0.717, 1.165) is 38.3 Å². The number of hydrogen-bond acceptors (Lipinski definition) is 2. The number of piperidine rings is 1. The highest BCUT2D eigenvalue weighted by Gasteiger charge is 2.37. The number of nitrogens with one attached hydrogen (secondary N) is 2. The lowest BCUT2D eigenvalue weighted by Gasteiger charge is -2.38. The summed E-state index contributed by atoms with van der Waals surface area (Å²) in [6.45, 7) is 8.59. The highest BCUT2D eigenvalue weighted by molar-refractivity contribution is 5.82. The fourth-order valence-corrected chi connectivity index (χ4v) is 3.47. The number of carbonyl (C=O) groups is 1. The van der Waals surface area contributed by atoms with Crippen LogP contribution in [-0.2, 0) is 4.79 Å². The summed E-state index contributed by atoms with van der Waals surface area (Å²) in [6, 6.07) is 0.396. The minimum Gasteiger partial charge on any atom is -0.353 e. The Balaban J connectivity index is 1.90. The standard InChI is InChI=1S/C15H28N2O/c1-11-5-6-13(12(2)9-11)17-14(18)15(3)7-4-8-16-10-15/h11-13,16H,4-10H2,1-3H3,(H,17,18). The SMILES string of the molecule is CC1CCC(NC(=O)C2(C)CCCNC2)C(C)C1. The molecule has 3 heteroatoms. The molecule has 4 unspecified atom stereocenters. The summed E-state index contributed by atoms with van der Waals surface area (Å²) in [4.78, 5) is 12.5. The molecule has 1 saturated carbocycles. The number of rotatable bonds is 2. The van der Waals surface area contributed by atoms with Crippen molar-refractivity contribution in [2.24, 2.45) is 17.3 Å². The largest absolute Gasteiger partial charge is 0.353 e. The van der Waals surface area contributed by atoms with Crippen LogP contribution in [0.3, 0.4) is 0 Å². The van der Waals surface area contributed by atoms with Crippen LogP contribution in [0.4, 0.5) is 0 Å². The van der Waals surface area contributed by atoms with Crippen LogP contribution in [0.15, 0.2) is 0 Å². The van der Waals surface area contributed by atoms with Gasteiger partial charge in [0.05, 0.1) is 5.41 Å². The fraction of sp³-hybridized carbons (Fsp3) is 0.933. The van der Waals surface area contributed by atoms with E-state index in [4.69, 9.17) is 0 Å². The number of carbonyl (C=O) groups excluding carboxylic acids is 1. The van der Waals surface area contributed by atoms with Gasteiger partial charge in [0, 0.05) is 12.6 Å². The molecule has 2 rings (SSSR count). The highest BCUT2D eigenvalue weighted by Crippen LogP contribution is 2.31. The van der Waals surface area contributed by atoms with Gasteiger partial charge >= 0.3 is 0 Å². The van der Waals surface area contributed by atoms with Crippen molar-refractivity contribution in [3.05, 3.63) is 0 Å². The van der Waals surface area contributed by atoms with Crippen molar-refractivity contribution in [3.8, 4) is 0 Å². The third-order valence-corrected chi connectivity index (χ3v) is 4.89. The molecule has 1 aliphatic carbocycles. The van der Waals surface area contributed by atoms with Gasteiger partial charge in [-0.05, 0) is 57.4 Å². The van der Waals surface area contributed by atoms with Crippen molar-refractivity contribution in [2.75, 3.05) is 13.1 Å². The molecule has 0 aromatic carbocycles. The van der Waals surface area contributed by atoms with Crippen LogP contribution in [0, 0.1) is 17.3 Å². The first-order valence-corrected chi connectivity index (χ1v) is 7.53. The van der Waals surface area contributed by atoms with E-state index in [-0.39, 0.29) is 11.3 Å². The molecule has 0 spiro atoms. The summed E-state index contributed by atoms with van der Waals surface area (Å²) in [5.74, 6) is 1.71. The van der Waals surface area contributed by atoms with E-state index in [1.165, 1.54) is 12.8 Å². The first-order valence-electron chi connectivity index (χ1n) is 7.53. The fourth-order valence-electron chi connectivity index (χ4n) is 3.47. The summed E-state index contributed by atoms with van der Waals surface area (Å²) in [7, 11) is 0. The Hall–Kier alpha value is -0.570. The van der Waals surface area contributed by atoms with E-state index in [1.807, 2.05) is 0 Å². The van der Waals surface area contributed by atoms with E-state index in [0.29, 0.717) is 12.0 Å². The van der Waals surface area contributed by atoms with Crippen molar-refractivity contribution in [1.29, 1.82) is 0 Å². The average Bonchev–Trinajstić information content (AvgIpc) is 2.33. The molecule has 104 valence electrons. The zero-order valence-electron chi connectivity index (χ0n) is 12.1. The Kier molecular flexibility index (Phi) is 4.31. The molecule has 0 radical (unpaired) electrons. The second kappa shape index (κ2) is 5.60. The van der Waals surface area contributed by atoms with E-state index in [2.05, 4.69) is 31.4 Å². The lowest BCUT2D eigenvalue weighted by atomic mass is 9.78. The molecule has 3 nitrogen and oxygen atoms in total. The average molecular weight is 252 g/mol. The summed E-state index contributed by atoms with van der Waals surface area (Å²) >= 11 is 0. The third-order valence-electron chi connectivity index (χ3n) is 4.89. The van der Waals surface area contributed by atoms with Gasteiger partial charge in [-0.1, -0.05) is 13.8 Å². The molecule has 1 saturated heterocycles. The number of hydrogen-bond donors (Lipinski definition) is 2. The molecule has 0 aromatic rings. The van der Waals surface area contributed by atoms with Gasteiger partial charge in [-0.3, -0.25) is 4.79 Å². The molecule has 2 aliphatic rings. The van der Waals surface area contributed by atoms with Crippen molar-refractivity contribution in [2.45, 2.75) is 58.9 Å². The minimum absolute atomic E-state index is 0.193. The Bertz CT molecular complexity index is 297. The summed E-state index contributed by atoms with van der Waals surface area (Å²) < 4.78 is 0. The zero-order valence-corrected chi connectivity index (χ0v) is 12.1. The van der Waals surface area contributed by atoms with Crippen LogP contribution >= 0.6 is 0 Å². The Labute approximate surface area is 111 Å². The molecule has 1 heterocycles. The maximum Gasteiger partial charge on any atom is 0.227 e. The Morgan fingerprint density at radius 3 is 2.72 bits per heavy atom. The molecule has 4 atom stereocenters. The van der Waals surface area contributed by atoms with Gasteiger partial charge in [0.15, 0.2) is 0 Å². The molecule has 2 N–H and O–H groups in total. The van der Waals surface area contributed by atoms with Crippen LogP contribution in [0.1, 0.15) is 52.9 Å². The second-order valence-electron chi connectivity index (χ2n) is 6.82. The van der Waals surface area contributed by atoms with Gasteiger partial charge in [0.25, 0.3) is 0 Å².